The van der Waals surface area contributed by atoms with Crippen LogP contribution in [-0.4, -0.2) is 18.9 Å². The first kappa shape index (κ1) is 9.87. The molecule has 2 rings (SSSR count). The maximum atomic E-state index is 11.8. The lowest BCUT2D eigenvalue weighted by Crippen LogP contribution is -2.32. The molecule has 0 atom stereocenters. The largest absolute Gasteiger partial charge is 0.317 e. The highest BCUT2D eigenvalue weighted by Crippen LogP contribution is 2.16. The number of rotatable bonds is 3. The summed E-state index contributed by atoms with van der Waals surface area (Å²) in [6, 6.07) is 2.05. The van der Waals surface area contributed by atoms with Crippen molar-refractivity contribution in [2.45, 2.75) is 19.3 Å². The van der Waals surface area contributed by atoms with Crippen LogP contribution in [0.25, 0.3) is 0 Å². The van der Waals surface area contributed by atoms with E-state index in [0.717, 1.165) is 25.9 Å². The molecule has 0 bridgehead atoms. The predicted octanol–water partition coefficient (Wildman–Crippen LogP) is 1.86. The van der Waals surface area contributed by atoms with Crippen LogP contribution in [0.4, 0.5) is 0 Å². The van der Waals surface area contributed by atoms with E-state index < -0.39 is 0 Å². The molecular weight excluding hydrogens is 194 g/mol. The van der Waals surface area contributed by atoms with Gasteiger partial charge in [0.1, 0.15) is 5.78 Å². The molecule has 0 spiro atoms. The van der Waals surface area contributed by atoms with Crippen LogP contribution in [0.3, 0.4) is 0 Å². The van der Waals surface area contributed by atoms with Crippen molar-refractivity contribution in [3.05, 3.63) is 22.4 Å². The summed E-state index contributed by atoms with van der Waals surface area (Å²) in [5, 5.41) is 7.38. The van der Waals surface area contributed by atoms with E-state index in [1.165, 1.54) is 5.56 Å². The highest BCUT2D eigenvalue weighted by Gasteiger charge is 2.20. The number of hydrogen-bond acceptors (Lipinski definition) is 3. The summed E-state index contributed by atoms with van der Waals surface area (Å²) < 4.78 is 0. The minimum absolute atomic E-state index is 0.302. The maximum Gasteiger partial charge on any atom is 0.140 e. The van der Waals surface area contributed by atoms with Gasteiger partial charge in [0.15, 0.2) is 0 Å². The van der Waals surface area contributed by atoms with E-state index in [9.17, 15) is 4.79 Å². The molecule has 0 aliphatic carbocycles. The standard InChI is InChI=1S/C11H15NOS/c13-11(7-9-3-6-14-8-9)10-1-4-12-5-2-10/h3,6,8,10,12H,1-2,4-5,7H2. The van der Waals surface area contributed by atoms with Crippen LogP contribution < -0.4 is 5.32 Å². The number of carbonyl (C=O) groups excluding carboxylic acids is 1. The predicted molar refractivity (Wildman–Crippen MR) is 58.6 cm³/mol. The molecule has 2 heterocycles. The van der Waals surface area contributed by atoms with E-state index in [4.69, 9.17) is 0 Å². The lowest BCUT2D eigenvalue weighted by atomic mass is 9.91. The van der Waals surface area contributed by atoms with Crippen molar-refractivity contribution in [1.82, 2.24) is 5.32 Å². The second kappa shape index (κ2) is 4.71. The SMILES string of the molecule is O=C(Cc1ccsc1)C1CCNCC1. The van der Waals surface area contributed by atoms with E-state index in [1.54, 1.807) is 11.3 Å². The Kier molecular flexibility index (Phi) is 3.32. The zero-order valence-electron chi connectivity index (χ0n) is 8.16. The molecule has 1 aromatic heterocycles. The van der Waals surface area contributed by atoms with Crippen molar-refractivity contribution in [2.75, 3.05) is 13.1 Å². The fraction of sp³-hybridized carbons (Fsp3) is 0.545. The highest BCUT2D eigenvalue weighted by atomic mass is 32.1. The molecule has 1 aromatic rings. The van der Waals surface area contributed by atoms with Crippen LogP contribution in [-0.2, 0) is 11.2 Å². The summed E-state index contributed by atoms with van der Waals surface area (Å²) in [7, 11) is 0. The van der Waals surface area contributed by atoms with Crippen molar-refractivity contribution in [1.29, 1.82) is 0 Å². The number of hydrogen-bond donors (Lipinski definition) is 1. The Hall–Kier alpha value is -0.670. The molecule has 1 N–H and O–H groups in total. The molecule has 0 saturated carbocycles. The first-order valence-electron chi connectivity index (χ1n) is 5.11. The van der Waals surface area contributed by atoms with Gasteiger partial charge >= 0.3 is 0 Å². The van der Waals surface area contributed by atoms with E-state index in [2.05, 4.69) is 10.7 Å². The smallest absolute Gasteiger partial charge is 0.140 e. The average Bonchev–Trinajstić information content (AvgIpc) is 2.72. The third-order valence-corrected chi connectivity index (χ3v) is 3.48. The summed E-state index contributed by atoms with van der Waals surface area (Å²) in [6.45, 7) is 2.00. The first-order valence-corrected chi connectivity index (χ1v) is 6.05. The second-order valence-electron chi connectivity index (χ2n) is 3.80. The average molecular weight is 209 g/mol. The number of piperidine rings is 1. The van der Waals surface area contributed by atoms with Gasteiger partial charge in [-0.25, -0.2) is 0 Å². The number of ketones is 1. The van der Waals surface area contributed by atoms with Crippen LogP contribution in [0.1, 0.15) is 18.4 Å². The van der Waals surface area contributed by atoms with Crippen LogP contribution in [0.2, 0.25) is 0 Å². The van der Waals surface area contributed by atoms with E-state index in [-0.39, 0.29) is 0 Å². The van der Waals surface area contributed by atoms with Gasteiger partial charge in [0.05, 0.1) is 0 Å². The number of Topliss-reactive ketones (excluding diaryl/α,β-unsaturated/α-hetero) is 1. The minimum Gasteiger partial charge on any atom is -0.317 e. The fourth-order valence-corrected chi connectivity index (χ4v) is 2.55. The molecular formula is C11H15NOS. The molecule has 0 radical (unpaired) electrons. The van der Waals surface area contributed by atoms with Crippen LogP contribution >= 0.6 is 11.3 Å². The molecule has 14 heavy (non-hydrogen) atoms. The maximum absolute atomic E-state index is 11.8. The monoisotopic (exact) mass is 209 g/mol. The van der Waals surface area contributed by atoms with Crippen molar-refractivity contribution < 1.29 is 4.79 Å². The van der Waals surface area contributed by atoms with Crippen LogP contribution in [0, 0.1) is 5.92 Å². The fourth-order valence-electron chi connectivity index (χ4n) is 1.88. The molecule has 76 valence electrons. The van der Waals surface area contributed by atoms with Gasteiger partial charge in [-0.05, 0) is 48.3 Å². The van der Waals surface area contributed by atoms with Gasteiger partial charge < -0.3 is 5.32 Å². The molecule has 1 saturated heterocycles. The number of nitrogens with one attached hydrogen (secondary N) is 1. The highest BCUT2D eigenvalue weighted by molar-refractivity contribution is 7.07. The lowest BCUT2D eigenvalue weighted by molar-refractivity contribution is -0.122. The van der Waals surface area contributed by atoms with Gasteiger partial charge in [-0.3, -0.25) is 4.79 Å². The van der Waals surface area contributed by atoms with Crippen LogP contribution in [0.5, 0.6) is 0 Å². The zero-order valence-corrected chi connectivity index (χ0v) is 8.98. The van der Waals surface area contributed by atoms with Crippen molar-refractivity contribution in [2.24, 2.45) is 5.92 Å². The van der Waals surface area contributed by atoms with Gasteiger partial charge in [0.2, 0.25) is 0 Å². The molecule has 1 fully saturated rings. The van der Waals surface area contributed by atoms with Gasteiger partial charge in [-0.15, -0.1) is 0 Å². The van der Waals surface area contributed by atoms with Crippen molar-refractivity contribution in [3.8, 4) is 0 Å². The van der Waals surface area contributed by atoms with Crippen molar-refractivity contribution >= 4 is 17.1 Å². The second-order valence-corrected chi connectivity index (χ2v) is 4.58. The molecule has 2 nitrogen and oxygen atoms in total. The quantitative estimate of drug-likeness (QED) is 0.823. The van der Waals surface area contributed by atoms with E-state index in [0.29, 0.717) is 18.1 Å². The topological polar surface area (TPSA) is 29.1 Å². The molecule has 1 aliphatic rings. The van der Waals surface area contributed by atoms with E-state index in [1.807, 2.05) is 11.4 Å². The Bertz CT molecular complexity index is 288. The Morgan fingerprint density at radius 1 is 1.50 bits per heavy atom. The van der Waals surface area contributed by atoms with Gasteiger partial charge in [-0.1, -0.05) is 0 Å². The Balaban J connectivity index is 1.88. The summed E-state index contributed by atoms with van der Waals surface area (Å²) in [5.41, 5.74) is 1.18. The third-order valence-electron chi connectivity index (χ3n) is 2.75. The van der Waals surface area contributed by atoms with Gasteiger partial charge in [0, 0.05) is 12.3 Å². The number of carbonyl (C=O) groups is 1. The first-order chi connectivity index (χ1) is 6.86. The summed E-state index contributed by atoms with van der Waals surface area (Å²) in [6.07, 6.45) is 2.67. The van der Waals surface area contributed by atoms with Gasteiger partial charge in [0.25, 0.3) is 0 Å². The van der Waals surface area contributed by atoms with Gasteiger partial charge in [-0.2, -0.15) is 11.3 Å². The van der Waals surface area contributed by atoms with Crippen LogP contribution in [0.15, 0.2) is 16.8 Å². The molecule has 1 aliphatic heterocycles. The summed E-state index contributed by atoms with van der Waals surface area (Å²) in [5.74, 6) is 0.723. The zero-order chi connectivity index (χ0) is 9.80. The Morgan fingerprint density at radius 3 is 2.93 bits per heavy atom. The molecule has 0 aromatic carbocycles. The molecule has 3 heteroatoms. The number of thiophene rings is 1. The normalized spacial score (nSPS) is 18.3. The van der Waals surface area contributed by atoms with E-state index >= 15 is 0 Å². The third kappa shape index (κ3) is 2.42. The lowest BCUT2D eigenvalue weighted by Gasteiger charge is -2.21. The Labute approximate surface area is 88.3 Å². The van der Waals surface area contributed by atoms with Crippen molar-refractivity contribution in [3.63, 3.8) is 0 Å². The molecule has 0 unspecified atom stereocenters. The molecule has 0 amide bonds. The Morgan fingerprint density at radius 2 is 2.29 bits per heavy atom. The minimum atomic E-state index is 0.302. The summed E-state index contributed by atoms with van der Waals surface area (Å²) >= 11 is 1.66. The summed E-state index contributed by atoms with van der Waals surface area (Å²) in [4.78, 5) is 11.8.